The molecule has 54 valence electrons. The zero-order valence-electron chi connectivity index (χ0n) is 7.29. The van der Waals surface area contributed by atoms with Crippen LogP contribution in [0.1, 0.15) is 0 Å². The predicted octanol–water partition coefficient (Wildman–Crippen LogP) is -1.42. The molecule has 11 heavy (non-hydrogen) atoms. The fraction of sp³-hybridized carbons (Fsp3) is 0.143. The molecule has 0 aliphatic rings. The summed E-state index contributed by atoms with van der Waals surface area (Å²) in [4.78, 5) is 0. The average Bonchev–Trinajstić information content (AvgIpc) is 1.85. The molecule has 0 amide bonds. The van der Waals surface area contributed by atoms with Crippen molar-refractivity contribution in [2.75, 3.05) is 0 Å². The van der Waals surface area contributed by atoms with Crippen molar-refractivity contribution in [2.45, 2.75) is 5.30 Å². The van der Waals surface area contributed by atoms with Crippen molar-refractivity contribution in [2.24, 2.45) is 0 Å². The number of para-hydroxylation sites is 1. The maximum Gasteiger partial charge on any atom is 0.135 e. The molecule has 1 aromatic carbocycles. The van der Waals surface area contributed by atoms with E-state index in [0.29, 0.717) is 0 Å². The van der Waals surface area contributed by atoms with Gasteiger partial charge in [0.15, 0.2) is 0 Å². The Kier molecular flexibility index (Phi) is 2.33. The number of hydrogen-bond donors (Lipinski definition) is 0. The molecule has 1 nitrogen and oxygen atoms in total. The van der Waals surface area contributed by atoms with Gasteiger partial charge in [-0.15, -0.1) is 0 Å². The molecule has 0 saturated carbocycles. The van der Waals surface area contributed by atoms with Gasteiger partial charge in [-0.2, -0.15) is 0 Å². The minimum absolute atomic E-state index is 0.0959. The Morgan fingerprint density at radius 1 is 1.00 bits per heavy atom. The highest BCUT2D eigenvalue weighted by atomic mass is 16.5. The van der Waals surface area contributed by atoms with E-state index in [1.165, 1.54) is 0 Å². The van der Waals surface area contributed by atoms with Gasteiger partial charge in [0, 0.05) is 5.30 Å². The standard InChI is InChI=1S/C7H11B3O/c8-7(9,10)11-6-4-2-1-3-5-6/h1-5H,8-10H2. The highest BCUT2D eigenvalue weighted by molar-refractivity contribution is 6.58. The van der Waals surface area contributed by atoms with Crippen LogP contribution in [-0.4, -0.2) is 28.8 Å². The fourth-order valence-electron chi connectivity index (χ4n) is 0.842. The van der Waals surface area contributed by atoms with E-state index in [-0.39, 0.29) is 5.30 Å². The summed E-state index contributed by atoms with van der Waals surface area (Å²) in [7, 11) is 6.12. The van der Waals surface area contributed by atoms with Gasteiger partial charge >= 0.3 is 0 Å². The Bertz CT molecular complexity index is 217. The average molecular weight is 144 g/mol. The van der Waals surface area contributed by atoms with Crippen molar-refractivity contribution in [3.8, 4) is 5.75 Å². The van der Waals surface area contributed by atoms with Crippen molar-refractivity contribution in [3.63, 3.8) is 0 Å². The summed E-state index contributed by atoms with van der Waals surface area (Å²) in [5, 5.41) is -0.0959. The van der Waals surface area contributed by atoms with Gasteiger partial charge in [0.25, 0.3) is 0 Å². The molecule has 0 atom stereocenters. The third-order valence-electron chi connectivity index (χ3n) is 1.17. The van der Waals surface area contributed by atoms with E-state index in [1.54, 1.807) is 0 Å². The Balaban J connectivity index is 2.66. The molecule has 0 aliphatic heterocycles. The molecule has 0 spiro atoms. The highest BCUT2D eigenvalue weighted by Crippen LogP contribution is 2.11. The second-order valence-electron chi connectivity index (χ2n) is 3.53. The van der Waals surface area contributed by atoms with Crippen LogP contribution in [0.25, 0.3) is 0 Å². The Hall–Kier alpha value is -0.785. The van der Waals surface area contributed by atoms with Crippen molar-refractivity contribution in [1.29, 1.82) is 0 Å². The third kappa shape index (κ3) is 3.21. The summed E-state index contributed by atoms with van der Waals surface area (Å²) in [5.41, 5.74) is 0. The molecule has 0 aromatic heterocycles. The van der Waals surface area contributed by atoms with Crippen molar-refractivity contribution < 1.29 is 4.74 Å². The largest absolute Gasteiger partial charge is 0.514 e. The smallest absolute Gasteiger partial charge is 0.135 e. The van der Waals surface area contributed by atoms with Gasteiger partial charge in [-0.1, -0.05) is 18.2 Å². The predicted molar refractivity (Wildman–Crippen MR) is 55.4 cm³/mol. The van der Waals surface area contributed by atoms with Crippen LogP contribution in [0.4, 0.5) is 0 Å². The van der Waals surface area contributed by atoms with E-state index in [2.05, 4.69) is 0 Å². The SMILES string of the molecule is BC(B)(B)Oc1ccccc1. The van der Waals surface area contributed by atoms with Crippen molar-refractivity contribution in [3.05, 3.63) is 30.3 Å². The van der Waals surface area contributed by atoms with Gasteiger partial charge < -0.3 is 4.74 Å². The summed E-state index contributed by atoms with van der Waals surface area (Å²) in [5.74, 6) is 0.931. The minimum Gasteiger partial charge on any atom is -0.514 e. The van der Waals surface area contributed by atoms with Gasteiger partial charge in [0.2, 0.25) is 0 Å². The number of ether oxygens (including phenoxy) is 1. The van der Waals surface area contributed by atoms with E-state index in [9.17, 15) is 0 Å². The molecular weight excluding hydrogens is 133 g/mol. The van der Waals surface area contributed by atoms with Crippen LogP contribution in [0.3, 0.4) is 0 Å². The summed E-state index contributed by atoms with van der Waals surface area (Å²) in [6.45, 7) is 0. The number of hydrogen-bond acceptors (Lipinski definition) is 1. The second kappa shape index (κ2) is 3.08. The first-order valence-corrected chi connectivity index (χ1v) is 3.82. The van der Waals surface area contributed by atoms with Gasteiger partial charge in [0.05, 0.1) is 0 Å². The molecule has 1 aromatic rings. The second-order valence-corrected chi connectivity index (χ2v) is 3.53. The van der Waals surface area contributed by atoms with Gasteiger partial charge in [-0.05, 0) is 12.1 Å². The van der Waals surface area contributed by atoms with Gasteiger partial charge in [-0.3, -0.25) is 0 Å². The van der Waals surface area contributed by atoms with Crippen LogP contribution < -0.4 is 4.74 Å². The zero-order chi connectivity index (χ0) is 8.32. The Morgan fingerprint density at radius 2 is 1.55 bits per heavy atom. The van der Waals surface area contributed by atoms with Gasteiger partial charge in [0.1, 0.15) is 29.3 Å². The van der Waals surface area contributed by atoms with Crippen LogP contribution in [-0.2, 0) is 0 Å². The molecule has 0 radical (unpaired) electrons. The van der Waals surface area contributed by atoms with Gasteiger partial charge in [-0.25, -0.2) is 0 Å². The van der Waals surface area contributed by atoms with E-state index in [4.69, 9.17) is 4.74 Å². The lowest BCUT2D eigenvalue weighted by molar-refractivity contribution is 0.318. The maximum absolute atomic E-state index is 5.60. The van der Waals surface area contributed by atoms with E-state index in [0.717, 1.165) is 5.75 Å². The summed E-state index contributed by atoms with van der Waals surface area (Å²) in [6, 6.07) is 9.86. The molecular formula is C7H11B3O. The monoisotopic (exact) mass is 144 g/mol. The maximum atomic E-state index is 5.60. The molecule has 0 heterocycles. The summed E-state index contributed by atoms with van der Waals surface area (Å²) >= 11 is 0. The van der Waals surface area contributed by atoms with E-state index in [1.807, 2.05) is 53.9 Å². The Labute approximate surface area is 70.4 Å². The lowest BCUT2D eigenvalue weighted by Crippen LogP contribution is -2.37. The molecule has 4 heteroatoms. The quantitative estimate of drug-likeness (QED) is 0.462. The third-order valence-corrected chi connectivity index (χ3v) is 1.17. The lowest BCUT2D eigenvalue weighted by Gasteiger charge is -2.21. The molecule has 0 N–H and O–H groups in total. The molecule has 0 bridgehead atoms. The summed E-state index contributed by atoms with van der Waals surface area (Å²) in [6.07, 6.45) is 0. The molecule has 0 fully saturated rings. The first-order valence-electron chi connectivity index (χ1n) is 3.82. The van der Waals surface area contributed by atoms with E-state index >= 15 is 0 Å². The topological polar surface area (TPSA) is 9.23 Å². The first-order chi connectivity index (χ1) is 5.08. The normalized spacial score (nSPS) is 10.9. The van der Waals surface area contributed by atoms with Crippen LogP contribution in [0.2, 0.25) is 0 Å². The number of rotatable bonds is 2. The van der Waals surface area contributed by atoms with Crippen LogP contribution >= 0.6 is 0 Å². The van der Waals surface area contributed by atoms with E-state index < -0.39 is 0 Å². The lowest BCUT2D eigenvalue weighted by atomic mass is 9.52. The zero-order valence-corrected chi connectivity index (χ0v) is 7.29. The summed E-state index contributed by atoms with van der Waals surface area (Å²) < 4.78 is 5.60. The first kappa shape index (κ1) is 8.31. The van der Waals surface area contributed by atoms with Crippen LogP contribution in [0.5, 0.6) is 5.75 Å². The molecule has 0 aliphatic carbocycles. The van der Waals surface area contributed by atoms with Crippen LogP contribution in [0.15, 0.2) is 30.3 Å². The van der Waals surface area contributed by atoms with Crippen molar-refractivity contribution >= 4 is 23.5 Å². The molecule has 0 saturated heterocycles. The molecule has 1 rings (SSSR count). The number of benzene rings is 1. The minimum atomic E-state index is -0.0959. The van der Waals surface area contributed by atoms with Crippen molar-refractivity contribution in [1.82, 2.24) is 0 Å². The Morgan fingerprint density at radius 3 is 2.00 bits per heavy atom. The highest BCUT2D eigenvalue weighted by Gasteiger charge is 2.11. The molecule has 0 unspecified atom stereocenters. The fourth-order valence-corrected chi connectivity index (χ4v) is 0.842. The van der Waals surface area contributed by atoms with Crippen LogP contribution in [0, 0.1) is 0 Å².